The first-order valence-corrected chi connectivity index (χ1v) is 11.5. The summed E-state index contributed by atoms with van der Waals surface area (Å²) in [5, 5.41) is 5.94. The van der Waals surface area contributed by atoms with Crippen molar-refractivity contribution in [3.63, 3.8) is 0 Å². The lowest BCUT2D eigenvalue weighted by atomic mass is 9.82. The van der Waals surface area contributed by atoms with E-state index in [1.54, 1.807) is 25.3 Å². The van der Waals surface area contributed by atoms with Gasteiger partial charge >= 0.3 is 5.97 Å². The minimum Gasteiger partial charge on any atom is -0.463 e. The van der Waals surface area contributed by atoms with Gasteiger partial charge in [0.05, 0.1) is 17.2 Å². The number of halogens is 2. The number of hydrogen-bond acceptors (Lipinski definition) is 6. The van der Waals surface area contributed by atoms with E-state index in [1.165, 1.54) is 23.8 Å². The lowest BCUT2D eigenvalue weighted by molar-refractivity contribution is -0.139. The van der Waals surface area contributed by atoms with Crippen LogP contribution >= 0.6 is 22.9 Å². The van der Waals surface area contributed by atoms with Crippen LogP contribution in [-0.2, 0) is 9.53 Å². The predicted octanol–water partition coefficient (Wildman–Crippen LogP) is 5.42. The summed E-state index contributed by atoms with van der Waals surface area (Å²) in [5.74, 6) is -0.235. The van der Waals surface area contributed by atoms with Crippen LogP contribution in [0.2, 0.25) is 5.02 Å². The van der Waals surface area contributed by atoms with Gasteiger partial charge in [-0.05, 0) is 31.7 Å². The predicted molar refractivity (Wildman–Crippen MR) is 116 cm³/mol. The maximum atomic E-state index is 14.3. The fourth-order valence-corrected chi connectivity index (χ4v) is 4.93. The molecule has 1 saturated carbocycles. The molecule has 158 valence electrons. The van der Waals surface area contributed by atoms with Crippen molar-refractivity contribution in [3.8, 4) is 0 Å². The van der Waals surface area contributed by atoms with Crippen molar-refractivity contribution < 1.29 is 13.9 Å². The Morgan fingerprint density at radius 2 is 2.13 bits per heavy atom. The third-order valence-electron chi connectivity index (χ3n) is 5.49. The van der Waals surface area contributed by atoms with Crippen LogP contribution in [0.25, 0.3) is 0 Å². The smallest absolute Gasteiger partial charge is 0.338 e. The summed E-state index contributed by atoms with van der Waals surface area (Å²) in [6, 6.07) is 3.83. The van der Waals surface area contributed by atoms with Gasteiger partial charge < -0.3 is 10.1 Å². The largest absolute Gasteiger partial charge is 0.463 e. The molecular formula is C22H23ClFN3O2S. The quantitative estimate of drug-likeness (QED) is 0.621. The summed E-state index contributed by atoms with van der Waals surface area (Å²) >= 11 is 7.78. The van der Waals surface area contributed by atoms with Crippen LogP contribution < -0.4 is 5.32 Å². The van der Waals surface area contributed by atoms with Crippen LogP contribution in [-0.4, -0.2) is 23.4 Å². The molecule has 0 radical (unpaired) electrons. The first-order chi connectivity index (χ1) is 14.6. The number of hydrogen-bond donors (Lipinski definition) is 1. The molecule has 5 nitrogen and oxygen atoms in total. The van der Waals surface area contributed by atoms with E-state index in [0.29, 0.717) is 22.0 Å². The Labute approximate surface area is 184 Å². The number of allylic oxidation sites excluding steroid dienone is 1. The molecule has 1 aromatic carbocycles. The van der Waals surface area contributed by atoms with Gasteiger partial charge in [-0.3, -0.25) is 4.99 Å². The normalized spacial score (nSPS) is 20.0. The number of carbonyl (C=O) groups is 1. The van der Waals surface area contributed by atoms with Crippen molar-refractivity contribution in [1.29, 1.82) is 0 Å². The molecule has 1 fully saturated rings. The lowest BCUT2D eigenvalue weighted by Crippen LogP contribution is -2.37. The van der Waals surface area contributed by atoms with Gasteiger partial charge in [0.2, 0.25) is 0 Å². The van der Waals surface area contributed by atoms with Gasteiger partial charge in [0, 0.05) is 22.8 Å². The van der Waals surface area contributed by atoms with E-state index in [9.17, 15) is 9.18 Å². The number of esters is 1. The Hall–Kier alpha value is -2.25. The van der Waals surface area contributed by atoms with Gasteiger partial charge in [-0.25, -0.2) is 14.2 Å². The number of nitrogens with zero attached hydrogens (tertiary/aromatic N) is 2. The molecule has 4 rings (SSSR count). The van der Waals surface area contributed by atoms with Crippen LogP contribution in [0.3, 0.4) is 0 Å². The minimum absolute atomic E-state index is 0.0311. The number of benzene rings is 1. The van der Waals surface area contributed by atoms with Gasteiger partial charge in [0.15, 0.2) is 10.8 Å². The average Bonchev–Trinajstić information content (AvgIpc) is 3.30. The van der Waals surface area contributed by atoms with Crippen LogP contribution in [0.5, 0.6) is 0 Å². The van der Waals surface area contributed by atoms with E-state index in [4.69, 9.17) is 21.3 Å². The summed E-state index contributed by atoms with van der Waals surface area (Å²) in [5.41, 5.74) is 1.67. The topological polar surface area (TPSA) is 63.6 Å². The van der Waals surface area contributed by atoms with Gasteiger partial charge in [-0.1, -0.05) is 43.0 Å². The van der Waals surface area contributed by atoms with Crippen molar-refractivity contribution in [1.82, 2.24) is 10.3 Å². The van der Waals surface area contributed by atoms with Crippen molar-refractivity contribution >= 4 is 34.7 Å². The summed E-state index contributed by atoms with van der Waals surface area (Å²) in [7, 11) is 0. The van der Waals surface area contributed by atoms with Crippen molar-refractivity contribution in [3.05, 3.63) is 62.5 Å². The number of rotatable bonds is 5. The van der Waals surface area contributed by atoms with E-state index in [-0.39, 0.29) is 17.5 Å². The Balaban J connectivity index is 1.89. The Morgan fingerprint density at radius 1 is 1.33 bits per heavy atom. The van der Waals surface area contributed by atoms with E-state index in [1.807, 2.05) is 5.38 Å². The second-order valence-electron chi connectivity index (χ2n) is 7.37. The number of nitrogens with one attached hydrogen (secondary N) is 1. The highest BCUT2D eigenvalue weighted by molar-refractivity contribution is 7.11. The number of amidine groups is 1. The first kappa shape index (κ1) is 21.0. The van der Waals surface area contributed by atoms with E-state index in [0.717, 1.165) is 31.4 Å². The molecule has 2 aromatic rings. The van der Waals surface area contributed by atoms with Crippen molar-refractivity contribution in [2.45, 2.75) is 45.1 Å². The van der Waals surface area contributed by atoms with E-state index in [2.05, 4.69) is 10.3 Å². The number of ether oxygens (including phenoxy) is 1. The average molecular weight is 448 g/mol. The summed E-state index contributed by atoms with van der Waals surface area (Å²) in [6.45, 7) is 2.01. The molecule has 1 aliphatic heterocycles. The van der Waals surface area contributed by atoms with Crippen molar-refractivity contribution in [2.24, 2.45) is 10.9 Å². The molecular weight excluding hydrogens is 425 g/mol. The zero-order valence-corrected chi connectivity index (χ0v) is 18.2. The Bertz CT molecular complexity index is 984. The Kier molecular flexibility index (Phi) is 6.49. The molecule has 8 heteroatoms. The lowest BCUT2D eigenvalue weighted by Gasteiger charge is -2.33. The molecule has 1 N–H and O–H groups in total. The highest BCUT2D eigenvalue weighted by Crippen LogP contribution is 2.41. The first-order valence-electron chi connectivity index (χ1n) is 10.2. The van der Waals surface area contributed by atoms with Gasteiger partial charge in [-0.15, -0.1) is 11.3 Å². The maximum Gasteiger partial charge on any atom is 0.338 e. The highest BCUT2D eigenvalue weighted by Gasteiger charge is 2.37. The molecule has 2 heterocycles. The van der Waals surface area contributed by atoms with Gasteiger partial charge in [0.25, 0.3) is 0 Å². The summed E-state index contributed by atoms with van der Waals surface area (Å²) in [6.07, 6.45) is 7.03. The molecule has 0 saturated heterocycles. The van der Waals surface area contributed by atoms with Gasteiger partial charge in [0.1, 0.15) is 11.9 Å². The highest BCUT2D eigenvalue weighted by atomic mass is 35.5. The Morgan fingerprint density at radius 3 is 2.83 bits per heavy atom. The fourth-order valence-electron chi connectivity index (χ4n) is 4.12. The zero-order chi connectivity index (χ0) is 21.1. The molecule has 1 unspecified atom stereocenters. The number of aliphatic imine (C=N–C) groups is 1. The number of aromatic nitrogens is 1. The SMILES string of the molecule is CCOC(=O)C1=C(C2CCCCC2)NC(c2nccs2)=NC1c1cccc(F)c1Cl. The molecule has 30 heavy (non-hydrogen) atoms. The number of carbonyl (C=O) groups excluding carboxylic acids is 1. The van der Waals surface area contributed by atoms with Crippen LogP contribution in [0.1, 0.15) is 55.6 Å². The molecule has 2 aliphatic rings. The van der Waals surface area contributed by atoms with Crippen LogP contribution in [0, 0.1) is 11.7 Å². The van der Waals surface area contributed by atoms with E-state index >= 15 is 0 Å². The summed E-state index contributed by atoms with van der Waals surface area (Å²) < 4.78 is 19.7. The van der Waals surface area contributed by atoms with Crippen molar-refractivity contribution in [2.75, 3.05) is 6.61 Å². The minimum atomic E-state index is -0.760. The fraction of sp³-hybridized carbons (Fsp3) is 0.409. The second kappa shape index (κ2) is 9.27. The monoisotopic (exact) mass is 447 g/mol. The van der Waals surface area contributed by atoms with Crippen LogP contribution in [0.15, 0.2) is 46.0 Å². The molecule has 1 aromatic heterocycles. The molecule has 0 spiro atoms. The third kappa shape index (κ3) is 4.14. The van der Waals surface area contributed by atoms with Gasteiger partial charge in [-0.2, -0.15) is 0 Å². The molecule has 0 amide bonds. The number of thiazole rings is 1. The van der Waals surface area contributed by atoms with E-state index < -0.39 is 17.8 Å². The molecule has 0 bridgehead atoms. The molecule has 1 atom stereocenters. The summed E-state index contributed by atoms with van der Waals surface area (Å²) in [4.78, 5) is 22.2. The standard InChI is InChI=1S/C22H23ClFN3O2S/c1-2-29-22(28)16-18(13-7-4-3-5-8-13)26-20(21-25-11-12-30-21)27-19(16)14-9-6-10-15(24)17(14)23/h6,9-13,19H,2-5,7-8H2,1H3,(H,26,27). The zero-order valence-electron chi connectivity index (χ0n) is 16.7. The van der Waals surface area contributed by atoms with Crippen LogP contribution in [0.4, 0.5) is 4.39 Å². The third-order valence-corrected chi connectivity index (χ3v) is 6.67. The second-order valence-corrected chi connectivity index (χ2v) is 8.64. The molecule has 1 aliphatic carbocycles. The maximum absolute atomic E-state index is 14.3.